The molecule has 1 rings (SSSR count). The zero-order valence-corrected chi connectivity index (χ0v) is 10.0. The van der Waals surface area contributed by atoms with Crippen LogP contribution in [-0.4, -0.2) is 42.9 Å². The molecule has 3 N–H and O–H groups in total. The molecular formula is C11H21N3O2. The first-order chi connectivity index (χ1) is 7.56. The van der Waals surface area contributed by atoms with Crippen LogP contribution in [0, 0.1) is 5.92 Å². The van der Waals surface area contributed by atoms with Crippen molar-refractivity contribution in [3.63, 3.8) is 0 Å². The van der Waals surface area contributed by atoms with E-state index in [0.29, 0.717) is 13.0 Å². The zero-order valence-electron chi connectivity index (χ0n) is 10.0. The van der Waals surface area contributed by atoms with Gasteiger partial charge in [-0.3, -0.25) is 9.59 Å². The molecule has 92 valence electrons. The molecule has 1 aliphatic heterocycles. The van der Waals surface area contributed by atoms with Gasteiger partial charge < -0.3 is 16.0 Å². The molecule has 2 amide bonds. The van der Waals surface area contributed by atoms with Crippen molar-refractivity contribution in [1.82, 2.24) is 10.2 Å². The molecule has 1 fully saturated rings. The quantitative estimate of drug-likeness (QED) is 0.677. The molecule has 0 radical (unpaired) electrons. The number of hydrogen-bond donors (Lipinski definition) is 2. The number of hydrogen-bond acceptors (Lipinski definition) is 3. The lowest BCUT2D eigenvalue weighted by molar-refractivity contribution is -0.133. The fraction of sp³-hybridized carbons (Fsp3) is 0.818. The Labute approximate surface area is 96.4 Å². The molecule has 0 aromatic heterocycles. The van der Waals surface area contributed by atoms with Gasteiger partial charge in [-0.05, 0) is 25.8 Å². The van der Waals surface area contributed by atoms with E-state index < -0.39 is 0 Å². The van der Waals surface area contributed by atoms with Gasteiger partial charge in [-0.25, -0.2) is 0 Å². The summed E-state index contributed by atoms with van der Waals surface area (Å²) < 4.78 is 0. The van der Waals surface area contributed by atoms with E-state index in [4.69, 9.17) is 5.73 Å². The van der Waals surface area contributed by atoms with Crippen LogP contribution in [-0.2, 0) is 9.59 Å². The Kier molecular flexibility index (Phi) is 4.73. The zero-order chi connectivity index (χ0) is 12.1. The van der Waals surface area contributed by atoms with Crippen molar-refractivity contribution in [2.24, 2.45) is 11.7 Å². The lowest BCUT2D eigenvalue weighted by Gasteiger charge is -2.15. The first-order valence-corrected chi connectivity index (χ1v) is 5.81. The van der Waals surface area contributed by atoms with Crippen molar-refractivity contribution in [3.8, 4) is 0 Å². The maximum absolute atomic E-state index is 11.7. The third-order valence-corrected chi connectivity index (χ3v) is 3.03. The second-order valence-electron chi connectivity index (χ2n) is 4.44. The summed E-state index contributed by atoms with van der Waals surface area (Å²) in [6.45, 7) is 3.19. The maximum atomic E-state index is 11.7. The normalized spacial score (nSPS) is 22.3. The highest BCUT2D eigenvalue weighted by molar-refractivity contribution is 5.89. The monoisotopic (exact) mass is 227 g/mol. The number of nitrogens with zero attached hydrogens (tertiary/aromatic N) is 1. The maximum Gasteiger partial charge on any atom is 0.244 e. The van der Waals surface area contributed by atoms with Crippen molar-refractivity contribution in [1.29, 1.82) is 0 Å². The van der Waals surface area contributed by atoms with Gasteiger partial charge in [0.2, 0.25) is 11.8 Å². The Morgan fingerprint density at radius 3 is 2.88 bits per heavy atom. The highest BCUT2D eigenvalue weighted by atomic mass is 16.2. The molecule has 2 unspecified atom stereocenters. The smallest absolute Gasteiger partial charge is 0.244 e. The Hall–Kier alpha value is -1.10. The Morgan fingerprint density at radius 2 is 2.38 bits per heavy atom. The van der Waals surface area contributed by atoms with Crippen LogP contribution in [0.15, 0.2) is 0 Å². The molecule has 2 atom stereocenters. The Morgan fingerprint density at radius 1 is 1.69 bits per heavy atom. The first kappa shape index (κ1) is 13.0. The van der Waals surface area contributed by atoms with E-state index in [2.05, 4.69) is 5.32 Å². The van der Waals surface area contributed by atoms with Crippen LogP contribution >= 0.6 is 0 Å². The van der Waals surface area contributed by atoms with E-state index in [0.717, 1.165) is 19.4 Å². The topological polar surface area (TPSA) is 75.4 Å². The summed E-state index contributed by atoms with van der Waals surface area (Å²) in [7, 11) is 1.76. The molecule has 0 aromatic carbocycles. The van der Waals surface area contributed by atoms with Crippen LogP contribution in [0.1, 0.15) is 26.2 Å². The minimum absolute atomic E-state index is 0.0133. The Balaban J connectivity index is 2.36. The van der Waals surface area contributed by atoms with Crippen molar-refractivity contribution >= 4 is 11.8 Å². The second-order valence-corrected chi connectivity index (χ2v) is 4.44. The number of likely N-dealkylation sites (tertiary alicyclic amines) is 1. The van der Waals surface area contributed by atoms with Crippen LogP contribution in [0.4, 0.5) is 0 Å². The largest absolute Gasteiger partial charge is 0.344 e. The molecule has 0 aliphatic carbocycles. The number of likely N-dealkylation sites (N-methyl/N-ethyl adjacent to an activating group) is 1. The van der Waals surface area contributed by atoms with E-state index >= 15 is 0 Å². The highest BCUT2D eigenvalue weighted by Gasteiger charge is 2.30. The summed E-state index contributed by atoms with van der Waals surface area (Å²) in [6, 6.07) is -0.321. The van der Waals surface area contributed by atoms with Crippen LogP contribution in [0.5, 0.6) is 0 Å². The van der Waals surface area contributed by atoms with Gasteiger partial charge in [0.15, 0.2) is 0 Å². The second kappa shape index (κ2) is 5.84. The summed E-state index contributed by atoms with van der Waals surface area (Å²) >= 11 is 0. The average Bonchev–Trinajstić information content (AvgIpc) is 2.57. The summed E-state index contributed by atoms with van der Waals surface area (Å²) in [4.78, 5) is 25.0. The molecule has 1 aliphatic rings. The number of amides is 2. The predicted molar refractivity (Wildman–Crippen MR) is 61.6 cm³/mol. The fourth-order valence-electron chi connectivity index (χ4n) is 1.83. The minimum Gasteiger partial charge on any atom is -0.344 e. The van der Waals surface area contributed by atoms with Crippen LogP contribution in [0.3, 0.4) is 0 Å². The third kappa shape index (κ3) is 3.20. The van der Waals surface area contributed by atoms with Gasteiger partial charge in [-0.15, -0.1) is 0 Å². The number of carbonyl (C=O) groups excluding carboxylic acids is 2. The third-order valence-electron chi connectivity index (χ3n) is 3.03. The highest BCUT2D eigenvalue weighted by Crippen LogP contribution is 2.11. The van der Waals surface area contributed by atoms with Crippen LogP contribution in [0.2, 0.25) is 0 Å². The predicted octanol–water partition coefficient (Wildman–Crippen LogP) is -0.292. The van der Waals surface area contributed by atoms with Gasteiger partial charge in [0.25, 0.3) is 0 Å². The molecule has 1 saturated heterocycles. The van der Waals surface area contributed by atoms with E-state index in [9.17, 15) is 9.59 Å². The van der Waals surface area contributed by atoms with Gasteiger partial charge in [0.1, 0.15) is 6.04 Å². The van der Waals surface area contributed by atoms with E-state index in [1.165, 1.54) is 0 Å². The molecule has 0 bridgehead atoms. The van der Waals surface area contributed by atoms with Gasteiger partial charge in [-0.2, -0.15) is 0 Å². The SMILES string of the molecule is CC(CCCN)C(=O)NC1CCN(C)C1=O. The minimum atomic E-state index is -0.321. The number of nitrogens with one attached hydrogen (secondary N) is 1. The Bertz CT molecular complexity index is 268. The van der Waals surface area contributed by atoms with Gasteiger partial charge >= 0.3 is 0 Å². The van der Waals surface area contributed by atoms with Gasteiger partial charge in [-0.1, -0.05) is 6.92 Å². The van der Waals surface area contributed by atoms with Crippen LogP contribution < -0.4 is 11.1 Å². The van der Waals surface area contributed by atoms with E-state index in [1.807, 2.05) is 6.92 Å². The average molecular weight is 227 g/mol. The van der Waals surface area contributed by atoms with Crippen molar-refractivity contribution < 1.29 is 9.59 Å². The molecule has 16 heavy (non-hydrogen) atoms. The van der Waals surface area contributed by atoms with E-state index in [1.54, 1.807) is 11.9 Å². The molecule has 0 spiro atoms. The molecule has 5 heteroatoms. The van der Waals surface area contributed by atoms with Crippen LogP contribution in [0.25, 0.3) is 0 Å². The molecular weight excluding hydrogens is 206 g/mol. The fourth-order valence-corrected chi connectivity index (χ4v) is 1.83. The van der Waals surface area contributed by atoms with Gasteiger partial charge in [0, 0.05) is 19.5 Å². The first-order valence-electron chi connectivity index (χ1n) is 5.81. The number of rotatable bonds is 5. The summed E-state index contributed by atoms with van der Waals surface area (Å²) in [5.41, 5.74) is 5.39. The lowest BCUT2D eigenvalue weighted by Crippen LogP contribution is -2.42. The number of carbonyl (C=O) groups is 2. The molecule has 0 aromatic rings. The van der Waals surface area contributed by atoms with Gasteiger partial charge in [0.05, 0.1) is 0 Å². The van der Waals surface area contributed by atoms with Crippen molar-refractivity contribution in [3.05, 3.63) is 0 Å². The van der Waals surface area contributed by atoms with Crippen molar-refractivity contribution in [2.45, 2.75) is 32.2 Å². The number of nitrogens with two attached hydrogens (primary N) is 1. The lowest BCUT2D eigenvalue weighted by atomic mass is 10.0. The standard InChI is InChI=1S/C11H21N3O2/c1-8(4-3-6-12)10(15)13-9-5-7-14(2)11(9)16/h8-9H,3-7,12H2,1-2H3,(H,13,15). The van der Waals surface area contributed by atoms with Crippen molar-refractivity contribution in [2.75, 3.05) is 20.1 Å². The summed E-state index contributed by atoms with van der Waals surface area (Å²) in [5, 5.41) is 2.80. The summed E-state index contributed by atoms with van der Waals surface area (Å²) in [6.07, 6.45) is 2.33. The van der Waals surface area contributed by atoms with E-state index in [-0.39, 0.29) is 23.8 Å². The molecule has 0 saturated carbocycles. The summed E-state index contributed by atoms with van der Waals surface area (Å²) in [5.74, 6) is -0.0938. The molecule has 5 nitrogen and oxygen atoms in total. The molecule has 1 heterocycles.